The average Bonchev–Trinajstić information content (AvgIpc) is 2.55. The predicted molar refractivity (Wildman–Crippen MR) is 70.5 cm³/mol. The molecule has 0 spiro atoms. The zero-order valence-electron chi connectivity index (χ0n) is 10.1. The van der Waals surface area contributed by atoms with Crippen LogP contribution >= 0.6 is 0 Å². The van der Waals surface area contributed by atoms with Gasteiger partial charge in [0, 0.05) is 12.5 Å². The summed E-state index contributed by atoms with van der Waals surface area (Å²) in [5.74, 6) is 0.209. The van der Waals surface area contributed by atoms with Gasteiger partial charge < -0.3 is 5.32 Å². The van der Waals surface area contributed by atoms with Crippen molar-refractivity contribution >= 4 is 12.0 Å². The molecule has 2 heteroatoms. The van der Waals surface area contributed by atoms with Crippen molar-refractivity contribution in [3.8, 4) is 0 Å². The fraction of sp³-hybridized carbons (Fsp3) is 0.400. The maximum absolute atomic E-state index is 11.4. The van der Waals surface area contributed by atoms with E-state index < -0.39 is 0 Å². The Morgan fingerprint density at radius 1 is 1.24 bits per heavy atom. The second-order valence-corrected chi connectivity index (χ2v) is 4.56. The second kappa shape index (κ2) is 6.24. The minimum absolute atomic E-state index is 0.209. The van der Waals surface area contributed by atoms with Gasteiger partial charge in [0.2, 0.25) is 5.91 Å². The molecule has 1 N–H and O–H groups in total. The Labute approximate surface area is 103 Å². The molecule has 1 fully saturated rings. The molecule has 90 valence electrons. The fourth-order valence-corrected chi connectivity index (χ4v) is 2.16. The molecular weight excluding hydrogens is 210 g/mol. The number of carbonyl (C=O) groups excluding carboxylic acids is 1. The highest BCUT2D eigenvalue weighted by Gasteiger charge is 2.14. The Kier molecular flexibility index (Phi) is 4.37. The van der Waals surface area contributed by atoms with E-state index in [0.29, 0.717) is 12.5 Å². The van der Waals surface area contributed by atoms with Crippen molar-refractivity contribution in [1.29, 1.82) is 0 Å². The summed E-state index contributed by atoms with van der Waals surface area (Å²) in [6.07, 6.45) is 9.19. The van der Waals surface area contributed by atoms with Crippen LogP contribution in [0.1, 0.15) is 37.7 Å². The molecule has 0 bridgehead atoms. The molecule has 1 heterocycles. The first-order chi connectivity index (χ1) is 8.34. The van der Waals surface area contributed by atoms with Gasteiger partial charge in [-0.1, -0.05) is 48.9 Å². The molecule has 2 rings (SSSR count). The molecule has 1 unspecified atom stereocenters. The molecule has 1 aromatic rings. The van der Waals surface area contributed by atoms with Gasteiger partial charge in [0.05, 0.1) is 0 Å². The Morgan fingerprint density at radius 3 is 2.88 bits per heavy atom. The van der Waals surface area contributed by atoms with E-state index >= 15 is 0 Å². The van der Waals surface area contributed by atoms with Gasteiger partial charge in [-0.05, 0) is 24.8 Å². The number of carbonyl (C=O) groups is 1. The van der Waals surface area contributed by atoms with Gasteiger partial charge in [-0.15, -0.1) is 0 Å². The van der Waals surface area contributed by atoms with Crippen molar-refractivity contribution in [3.05, 3.63) is 42.0 Å². The Morgan fingerprint density at radius 2 is 2.06 bits per heavy atom. The van der Waals surface area contributed by atoms with Crippen LogP contribution in [-0.2, 0) is 4.79 Å². The normalized spacial score (nSPS) is 21.2. The Bertz CT molecular complexity index is 383. The van der Waals surface area contributed by atoms with Crippen LogP contribution in [0.3, 0.4) is 0 Å². The fourth-order valence-electron chi connectivity index (χ4n) is 2.16. The molecule has 1 atom stereocenters. The lowest BCUT2D eigenvalue weighted by Crippen LogP contribution is -2.32. The topological polar surface area (TPSA) is 29.1 Å². The van der Waals surface area contributed by atoms with E-state index in [0.717, 1.165) is 25.7 Å². The second-order valence-electron chi connectivity index (χ2n) is 4.56. The predicted octanol–water partition coefficient (Wildman–Crippen LogP) is 3.15. The van der Waals surface area contributed by atoms with Crippen LogP contribution in [0, 0.1) is 0 Å². The maximum atomic E-state index is 11.4. The van der Waals surface area contributed by atoms with E-state index in [1.54, 1.807) is 0 Å². The summed E-state index contributed by atoms with van der Waals surface area (Å²) >= 11 is 0. The van der Waals surface area contributed by atoms with E-state index in [9.17, 15) is 4.79 Å². The third-order valence-electron chi connectivity index (χ3n) is 3.10. The van der Waals surface area contributed by atoms with Crippen LogP contribution in [0.2, 0.25) is 0 Å². The summed E-state index contributed by atoms with van der Waals surface area (Å²) < 4.78 is 0. The van der Waals surface area contributed by atoms with Crippen LogP contribution in [0.4, 0.5) is 0 Å². The molecule has 2 nitrogen and oxygen atoms in total. The number of hydrogen-bond donors (Lipinski definition) is 1. The largest absolute Gasteiger partial charge is 0.353 e. The Balaban J connectivity index is 1.85. The molecule has 1 saturated heterocycles. The lowest BCUT2D eigenvalue weighted by atomic mass is 10.1. The van der Waals surface area contributed by atoms with Gasteiger partial charge in [-0.3, -0.25) is 4.79 Å². The SMILES string of the molecule is O=C1CCCCC(CC=Cc2ccccc2)N1. The van der Waals surface area contributed by atoms with Gasteiger partial charge in [0.15, 0.2) is 0 Å². The number of rotatable bonds is 3. The zero-order chi connectivity index (χ0) is 11.9. The molecule has 1 aliphatic rings. The lowest BCUT2D eigenvalue weighted by molar-refractivity contribution is -0.121. The third-order valence-corrected chi connectivity index (χ3v) is 3.10. The molecule has 1 amide bonds. The summed E-state index contributed by atoms with van der Waals surface area (Å²) in [7, 11) is 0. The minimum atomic E-state index is 0.209. The van der Waals surface area contributed by atoms with Gasteiger partial charge in [0.1, 0.15) is 0 Å². The quantitative estimate of drug-likeness (QED) is 0.847. The van der Waals surface area contributed by atoms with Crippen LogP contribution < -0.4 is 5.32 Å². The van der Waals surface area contributed by atoms with E-state index in [4.69, 9.17) is 0 Å². The van der Waals surface area contributed by atoms with Gasteiger partial charge in [0.25, 0.3) is 0 Å². The average molecular weight is 229 g/mol. The monoisotopic (exact) mass is 229 g/mol. The Hall–Kier alpha value is -1.57. The number of hydrogen-bond acceptors (Lipinski definition) is 1. The van der Waals surface area contributed by atoms with Crippen molar-refractivity contribution in [2.75, 3.05) is 0 Å². The number of benzene rings is 1. The van der Waals surface area contributed by atoms with Crippen LogP contribution in [-0.4, -0.2) is 11.9 Å². The molecule has 0 aliphatic carbocycles. The van der Waals surface area contributed by atoms with E-state index in [1.807, 2.05) is 18.2 Å². The molecule has 17 heavy (non-hydrogen) atoms. The molecule has 1 aromatic carbocycles. The van der Waals surface area contributed by atoms with Crippen molar-refractivity contribution in [1.82, 2.24) is 5.32 Å². The van der Waals surface area contributed by atoms with E-state index in [2.05, 4.69) is 29.6 Å². The van der Waals surface area contributed by atoms with Gasteiger partial charge in [-0.25, -0.2) is 0 Å². The molecule has 1 aliphatic heterocycles. The highest BCUT2D eigenvalue weighted by atomic mass is 16.1. The summed E-state index contributed by atoms with van der Waals surface area (Å²) in [4.78, 5) is 11.4. The van der Waals surface area contributed by atoms with Crippen molar-refractivity contribution in [2.45, 2.75) is 38.1 Å². The zero-order valence-corrected chi connectivity index (χ0v) is 10.1. The molecular formula is C15H19NO. The smallest absolute Gasteiger partial charge is 0.220 e. The lowest BCUT2D eigenvalue weighted by Gasteiger charge is -2.12. The molecule has 0 radical (unpaired) electrons. The summed E-state index contributed by atoms with van der Waals surface area (Å²) in [6.45, 7) is 0. The van der Waals surface area contributed by atoms with Crippen LogP contribution in [0.25, 0.3) is 6.08 Å². The van der Waals surface area contributed by atoms with Crippen molar-refractivity contribution < 1.29 is 4.79 Å². The minimum Gasteiger partial charge on any atom is -0.353 e. The highest BCUT2D eigenvalue weighted by molar-refractivity contribution is 5.76. The van der Waals surface area contributed by atoms with Gasteiger partial charge in [-0.2, -0.15) is 0 Å². The van der Waals surface area contributed by atoms with Crippen molar-refractivity contribution in [2.24, 2.45) is 0 Å². The number of nitrogens with one attached hydrogen (secondary N) is 1. The first-order valence-electron chi connectivity index (χ1n) is 6.35. The highest BCUT2D eigenvalue weighted by Crippen LogP contribution is 2.13. The molecule has 0 aromatic heterocycles. The summed E-state index contributed by atoms with van der Waals surface area (Å²) in [5, 5.41) is 3.07. The van der Waals surface area contributed by atoms with E-state index in [-0.39, 0.29) is 5.91 Å². The third kappa shape index (κ3) is 4.06. The standard InChI is InChI=1S/C15H19NO/c17-15-12-5-4-10-14(16-15)11-6-9-13-7-2-1-3-8-13/h1-3,6-9,14H,4-5,10-12H2,(H,16,17). The van der Waals surface area contributed by atoms with Crippen LogP contribution in [0.15, 0.2) is 36.4 Å². The summed E-state index contributed by atoms with van der Waals surface area (Å²) in [6, 6.07) is 10.6. The first-order valence-corrected chi connectivity index (χ1v) is 6.35. The summed E-state index contributed by atoms with van der Waals surface area (Å²) in [5.41, 5.74) is 1.22. The number of amides is 1. The molecule has 0 saturated carbocycles. The van der Waals surface area contributed by atoms with Crippen molar-refractivity contribution in [3.63, 3.8) is 0 Å². The van der Waals surface area contributed by atoms with Crippen LogP contribution in [0.5, 0.6) is 0 Å². The van der Waals surface area contributed by atoms with Gasteiger partial charge >= 0.3 is 0 Å². The first kappa shape index (κ1) is 11.9. The van der Waals surface area contributed by atoms with E-state index in [1.165, 1.54) is 5.56 Å². The maximum Gasteiger partial charge on any atom is 0.220 e.